The van der Waals surface area contributed by atoms with Crippen LogP contribution in [0, 0.1) is 5.41 Å². The highest BCUT2D eigenvalue weighted by molar-refractivity contribution is 6.04. The van der Waals surface area contributed by atoms with Gasteiger partial charge in [0, 0.05) is 12.0 Å². The van der Waals surface area contributed by atoms with Crippen LogP contribution in [0.3, 0.4) is 0 Å². The van der Waals surface area contributed by atoms with Crippen molar-refractivity contribution in [3.8, 4) is 5.75 Å². The summed E-state index contributed by atoms with van der Waals surface area (Å²) in [6.45, 7) is 5.90. The van der Waals surface area contributed by atoms with Gasteiger partial charge in [-0.2, -0.15) is 0 Å². The van der Waals surface area contributed by atoms with E-state index in [2.05, 4.69) is 5.32 Å². The van der Waals surface area contributed by atoms with Gasteiger partial charge in [0.1, 0.15) is 23.8 Å². The molecule has 30 heavy (non-hydrogen) atoms. The lowest BCUT2D eigenvalue weighted by Gasteiger charge is -2.19. The first-order valence-electron chi connectivity index (χ1n) is 9.74. The number of amides is 1. The average Bonchev–Trinajstić information content (AvgIpc) is 2.69. The van der Waals surface area contributed by atoms with Gasteiger partial charge >= 0.3 is 12.1 Å². The molecule has 0 heterocycles. The van der Waals surface area contributed by atoms with Gasteiger partial charge in [0.2, 0.25) is 0 Å². The van der Waals surface area contributed by atoms with Crippen LogP contribution in [-0.4, -0.2) is 30.1 Å². The molecule has 0 aromatic heterocycles. The topological polar surface area (TPSA) is 97.7 Å². The Morgan fingerprint density at radius 3 is 2.30 bits per heavy atom. The van der Waals surface area contributed by atoms with Gasteiger partial charge in [-0.1, -0.05) is 30.3 Å². The molecule has 0 aliphatic rings. The Morgan fingerprint density at radius 2 is 1.67 bits per heavy atom. The summed E-state index contributed by atoms with van der Waals surface area (Å²) in [6.07, 6.45) is 0.132. The van der Waals surface area contributed by atoms with E-state index in [0.717, 1.165) is 5.56 Å². The molecule has 0 aliphatic heterocycles. The van der Waals surface area contributed by atoms with Crippen LogP contribution in [-0.2, 0) is 20.9 Å². The maximum Gasteiger partial charge on any atom is 0.413 e. The van der Waals surface area contributed by atoms with Crippen molar-refractivity contribution in [2.45, 2.75) is 45.8 Å². The summed E-state index contributed by atoms with van der Waals surface area (Å²) in [5, 5.41) is 10.3. The van der Waals surface area contributed by atoms with Crippen LogP contribution in [0.15, 0.2) is 54.6 Å². The minimum Gasteiger partial charge on any atom is -0.494 e. The number of amidine groups is 1. The number of alkyl carbamates (subject to hydrolysis) is 1. The summed E-state index contributed by atoms with van der Waals surface area (Å²) < 4.78 is 16.0. The number of benzene rings is 2. The minimum atomic E-state index is -0.674. The average molecular weight is 412 g/mol. The molecule has 0 bridgehead atoms. The summed E-state index contributed by atoms with van der Waals surface area (Å²) in [5.41, 5.74) is 0.849. The van der Waals surface area contributed by atoms with Crippen molar-refractivity contribution < 1.29 is 23.8 Å². The molecule has 2 rings (SSSR count). The quantitative estimate of drug-likeness (QED) is 0.289. The number of carbonyl (C=O) groups is 2. The van der Waals surface area contributed by atoms with Crippen LogP contribution >= 0.6 is 0 Å². The molecular weight excluding hydrogens is 384 g/mol. The third kappa shape index (κ3) is 8.77. The van der Waals surface area contributed by atoms with Gasteiger partial charge in [0.15, 0.2) is 0 Å². The smallest absolute Gasteiger partial charge is 0.413 e. The van der Waals surface area contributed by atoms with E-state index in [1.807, 2.05) is 30.3 Å². The normalized spacial score (nSPS) is 10.8. The Morgan fingerprint density at radius 1 is 1.00 bits per heavy atom. The molecule has 160 valence electrons. The number of esters is 1. The highest BCUT2D eigenvalue weighted by atomic mass is 16.6. The van der Waals surface area contributed by atoms with Gasteiger partial charge in [-0.15, -0.1) is 0 Å². The first-order chi connectivity index (χ1) is 14.2. The van der Waals surface area contributed by atoms with Gasteiger partial charge in [0.25, 0.3) is 0 Å². The molecule has 0 radical (unpaired) electrons. The predicted octanol–water partition coefficient (Wildman–Crippen LogP) is 4.44. The van der Waals surface area contributed by atoms with Crippen molar-refractivity contribution in [3.63, 3.8) is 0 Å². The molecular formula is C23H28N2O5. The van der Waals surface area contributed by atoms with Crippen LogP contribution in [0.2, 0.25) is 0 Å². The summed E-state index contributed by atoms with van der Waals surface area (Å²) in [6, 6.07) is 16.3. The first kappa shape index (κ1) is 22.9. The highest BCUT2D eigenvalue weighted by Crippen LogP contribution is 2.13. The molecule has 1 amide bonds. The molecule has 0 atom stereocenters. The van der Waals surface area contributed by atoms with Gasteiger partial charge in [-0.25, -0.2) is 4.79 Å². The maximum absolute atomic E-state index is 11.8. The predicted molar refractivity (Wildman–Crippen MR) is 114 cm³/mol. The van der Waals surface area contributed by atoms with Crippen molar-refractivity contribution in [1.29, 1.82) is 5.41 Å². The molecule has 0 saturated carbocycles. The molecule has 7 nitrogen and oxygen atoms in total. The molecule has 0 unspecified atom stereocenters. The lowest BCUT2D eigenvalue weighted by atomic mass is 10.2. The Kier molecular flexibility index (Phi) is 8.41. The van der Waals surface area contributed by atoms with Crippen LogP contribution in [0.1, 0.15) is 44.7 Å². The summed E-state index contributed by atoms with van der Waals surface area (Å²) in [7, 11) is 0. The number of nitrogens with one attached hydrogen (secondary N) is 2. The molecule has 0 fully saturated rings. The molecule has 0 aliphatic carbocycles. The largest absolute Gasteiger partial charge is 0.494 e. The molecule has 2 N–H and O–H groups in total. The lowest BCUT2D eigenvalue weighted by molar-refractivity contribution is -0.145. The highest BCUT2D eigenvalue weighted by Gasteiger charge is 2.17. The van der Waals surface area contributed by atoms with E-state index in [-0.39, 0.29) is 24.8 Å². The zero-order chi connectivity index (χ0) is 22.0. The van der Waals surface area contributed by atoms with Gasteiger partial charge in [-0.05, 0) is 57.0 Å². The number of hydrogen-bond donors (Lipinski definition) is 2. The Balaban J connectivity index is 1.67. The summed E-state index contributed by atoms with van der Waals surface area (Å²) >= 11 is 0. The number of carbonyl (C=O) groups excluding carboxylic acids is 2. The lowest BCUT2D eigenvalue weighted by Crippen LogP contribution is -2.36. The second-order valence-corrected chi connectivity index (χ2v) is 7.62. The first-order valence-corrected chi connectivity index (χ1v) is 9.74. The standard InChI is InChI=1S/C23H28N2O5/c1-23(2,3)30-22(27)25-21(24)18-11-13-19(14-12-18)28-15-7-10-20(26)29-16-17-8-5-4-6-9-17/h4-6,8-9,11-14H,7,10,15-16H2,1-3H3,(H2,24,25,27). The van der Waals surface area contributed by atoms with Crippen molar-refractivity contribution in [1.82, 2.24) is 5.32 Å². The molecule has 2 aromatic rings. The second kappa shape index (κ2) is 11.0. The molecule has 2 aromatic carbocycles. The van der Waals surface area contributed by atoms with Crippen LogP contribution in [0.4, 0.5) is 4.79 Å². The summed E-state index contributed by atoms with van der Waals surface area (Å²) in [4.78, 5) is 23.5. The van der Waals surface area contributed by atoms with E-state index in [0.29, 0.717) is 24.3 Å². The van der Waals surface area contributed by atoms with E-state index in [4.69, 9.17) is 19.6 Å². The van der Waals surface area contributed by atoms with E-state index in [1.165, 1.54) is 0 Å². The summed E-state index contributed by atoms with van der Waals surface area (Å²) in [5.74, 6) is 0.290. The van der Waals surface area contributed by atoms with E-state index in [9.17, 15) is 9.59 Å². The van der Waals surface area contributed by atoms with E-state index >= 15 is 0 Å². The Hall–Kier alpha value is -3.35. The molecule has 0 saturated heterocycles. The van der Waals surface area contributed by atoms with Gasteiger partial charge in [-0.3, -0.25) is 15.5 Å². The fourth-order valence-corrected chi connectivity index (χ4v) is 2.41. The third-order valence-corrected chi connectivity index (χ3v) is 3.81. The Bertz CT molecular complexity index is 842. The van der Waals surface area contributed by atoms with Crippen molar-refractivity contribution >= 4 is 17.9 Å². The zero-order valence-corrected chi connectivity index (χ0v) is 17.6. The fourth-order valence-electron chi connectivity index (χ4n) is 2.41. The monoisotopic (exact) mass is 412 g/mol. The van der Waals surface area contributed by atoms with E-state index in [1.54, 1.807) is 45.0 Å². The van der Waals surface area contributed by atoms with Crippen LogP contribution < -0.4 is 10.1 Å². The third-order valence-electron chi connectivity index (χ3n) is 3.81. The number of ether oxygens (including phenoxy) is 3. The van der Waals surface area contributed by atoms with Crippen molar-refractivity contribution in [3.05, 3.63) is 65.7 Å². The molecule has 0 spiro atoms. The van der Waals surface area contributed by atoms with Crippen molar-refractivity contribution in [2.24, 2.45) is 0 Å². The zero-order valence-electron chi connectivity index (χ0n) is 17.6. The van der Waals surface area contributed by atoms with Gasteiger partial charge < -0.3 is 14.2 Å². The van der Waals surface area contributed by atoms with Crippen molar-refractivity contribution in [2.75, 3.05) is 6.61 Å². The van der Waals surface area contributed by atoms with Gasteiger partial charge in [0.05, 0.1) is 6.61 Å². The fraction of sp³-hybridized carbons (Fsp3) is 0.348. The molecule has 7 heteroatoms. The number of rotatable bonds is 8. The van der Waals surface area contributed by atoms with E-state index < -0.39 is 11.7 Å². The van der Waals surface area contributed by atoms with Crippen LogP contribution in [0.5, 0.6) is 5.75 Å². The Labute approximate surface area is 176 Å². The minimum absolute atomic E-state index is 0.0584. The second-order valence-electron chi connectivity index (χ2n) is 7.62. The van der Waals surface area contributed by atoms with Crippen LogP contribution in [0.25, 0.3) is 0 Å². The maximum atomic E-state index is 11.8. The number of hydrogen-bond acceptors (Lipinski definition) is 6. The SMILES string of the molecule is CC(C)(C)OC(=O)NC(=N)c1ccc(OCCCC(=O)OCc2ccccc2)cc1.